The molecule has 4 aromatic rings. The Hall–Kier alpha value is -4.34. The van der Waals surface area contributed by atoms with E-state index in [0.717, 1.165) is 12.3 Å². The second-order valence-corrected chi connectivity index (χ2v) is 6.57. The Morgan fingerprint density at radius 3 is 2.44 bits per heavy atom. The van der Waals surface area contributed by atoms with Crippen molar-refractivity contribution < 1.29 is 18.0 Å². The molecule has 32 heavy (non-hydrogen) atoms. The van der Waals surface area contributed by atoms with Gasteiger partial charge in [0.2, 0.25) is 0 Å². The predicted molar refractivity (Wildman–Crippen MR) is 112 cm³/mol. The summed E-state index contributed by atoms with van der Waals surface area (Å²) in [6.45, 7) is 0. The van der Waals surface area contributed by atoms with Gasteiger partial charge in [-0.15, -0.1) is 0 Å². The van der Waals surface area contributed by atoms with Crippen molar-refractivity contribution in [3.8, 4) is 11.3 Å². The fraction of sp³-hybridized carbons (Fsp3) is 0.0455. The van der Waals surface area contributed by atoms with E-state index < -0.39 is 17.6 Å². The normalized spacial score (nSPS) is 11.1. The molecule has 0 aliphatic carbocycles. The third-order valence-electron chi connectivity index (χ3n) is 4.38. The van der Waals surface area contributed by atoms with Gasteiger partial charge in [-0.2, -0.15) is 13.2 Å². The first-order chi connectivity index (χ1) is 15.4. The van der Waals surface area contributed by atoms with Gasteiger partial charge in [0.05, 0.1) is 23.1 Å². The Kier molecular flexibility index (Phi) is 5.75. The molecule has 2 N–H and O–H groups in total. The number of halogens is 3. The number of hydrogen-bond donors (Lipinski definition) is 2. The molecule has 0 aliphatic rings. The molecule has 0 unspecified atom stereocenters. The Morgan fingerprint density at radius 2 is 1.72 bits per heavy atom. The summed E-state index contributed by atoms with van der Waals surface area (Å²) in [6, 6.07) is 12.3. The van der Waals surface area contributed by atoms with Crippen molar-refractivity contribution in [3.05, 3.63) is 90.6 Å². The van der Waals surface area contributed by atoms with Gasteiger partial charge in [0.1, 0.15) is 11.6 Å². The van der Waals surface area contributed by atoms with Crippen LogP contribution in [0, 0.1) is 0 Å². The number of carbonyl (C=O) groups excluding carboxylic acids is 1. The molecule has 4 aromatic heterocycles. The zero-order valence-electron chi connectivity index (χ0n) is 16.3. The molecule has 0 bridgehead atoms. The molecule has 10 heteroatoms. The molecule has 0 fully saturated rings. The van der Waals surface area contributed by atoms with E-state index in [1.165, 1.54) is 30.6 Å². The summed E-state index contributed by atoms with van der Waals surface area (Å²) in [5, 5.41) is 5.59. The maximum Gasteiger partial charge on any atom is 0.417 e. The molecule has 0 saturated heterocycles. The van der Waals surface area contributed by atoms with Crippen LogP contribution in [0.5, 0.6) is 0 Å². The summed E-state index contributed by atoms with van der Waals surface area (Å²) < 4.78 is 38.0. The molecule has 0 aliphatic heterocycles. The van der Waals surface area contributed by atoms with Crippen LogP contribution in [0.2, 0.25) is 0 Å². The van der Waals surface area contributed by atoms with E-state index in [-0.39, 0.29) is 17.2 Å². The third-order valence-corrected chi connectivity index (χ3v) is 4.38. The molecular formula is C22H15F3N6O. The maximum absolute atomic E-state index is 12.8. The highest BCUT2D eigenvalue weighted by molar-refractivity contribution is 6.06. The number of alkyl halides is 3. The monoisotopic (exact) mass is 436 g/mol. The molecule has 0 aromatic carbocycles. The average Bonchev–Trinajstić information content (AvgIpc) is 2.80. The number of carbonyl (C=O) groups is 1. The Morgan fingerprint density at radius 1 is 0.844 bits per heavy atom. The Balaban J connectivity index is 1.51. The van der Waals surface area contributed by atoms with Gasteiger partial charge in [0, 0.05) is 35.9 Å². The van der Waals surface area contributed by atoms with Crippen LogP contribution in [0.15, 0.2) is 79.5 Å². The lowest BCUT2D eigenvalue weighted by Gasteiger charge is -2.11. The van der Waals surface area contributed by atoms with Crippen LogP contribution in [-0.2, 0) is 6.18 Å². The van der Waals surface area contributed by atoms with Crippen LogP contribution in [0.3, 0.4) is 0 Å². The van der Waals surface area contributed by atoms with E-state index in [1.807, 2.05) is 12.1 Å². The zero-order chi connectivity index (χ0) is 22.6. The predicted octanol–water partition coefficient (Wildman–Crippen LogP) is 4.95. The summed E-state index contributed by atoms with van der Waals surface area (Å²) in [5.74, 6) is -0.00481. The van der Waals surface area contributed by atoms with Crippen LogP contribution < -0.4 is 10.6 Å². The molecule has 4 heterocycles. The van der Waals surface area contributed by atoms with E-state index >= 15 is 0 Å². The molecule has 0 saturated carbocycles. The van der Waals surface area contributed by atoms with Crippen LogP contribution in [0.1, 0.15) is 15.9 Å². The number of aromatic nitrogens is 4. The minimum absolute atomic E-state index is 0.160. The number of amides is 1. The molecule has 7 nitrogen and oxygen atoms in total. The minimum atomic E-state index is -4.47. The Labute approximate surface area is 180 Å². The standard InChI is InChI=1S/C22H15F3N6O/c23-22(24,25)15-4-5-19(29-12-15)31-20-11-14(6-10-28-20)21(32)30-18-13-26-9-7-16(18)17-3-1-2-8-27-17/h1-13H,(H,30,32)(H,28,29,31). The van der Waals surface area contributed by atoms with Gasteiger partial charge in [-0.3, -0.25) is 14.8 Å². The molecule has 0 atom stereocenters. The molecular weight excluding hydrogens is 421 g/mol. The lowest BCUT2D eigenvalue weighted by atomic mass is 10.1. The maximum atomic E-state index is 12.8. The van der Waals surface area contributed by atoms with Gasteiger partial charge in [0.25, 0.3) is 5.91 Å². The van der Waals surface area contributed by atoms with Gasteiger partial charge in [0.15, 0.2) is 0 Å². The largest absolute Gasteiger partial charge is 0.417 e. The Bertz CT molecular complexity index is 1230. The second kappa shape index (κ2) is 8.80. The van der Waals surface area contributed by atoms with Crippen molar-refractivity contribution in [2.24, 2.45) is 0 Å². The highest BCUT2D eigenvalue weighted by atomic mass is 19.4. The van der Waals surface area contributed by atoms with E-state index in [1.54, 1.807) is 24.5 Å². The summed E-state index contributed by atoms with van der Waals surface area (Å²) in [6.07, 6.45) is 2.43. The second-order valence-electron chi connectivity index (χ2n) is 6.57. The third kappa shape index (κ3) is 4.86. The van der Waals surface area contributed by atoms with Crippen molar-refractivity contribution in [1.82, 2.24) is 19.9 Å². The van der Waals surface area contributed by atoms with E-state index in [4.69, 9.17) is 0 Å². The highest BCUT2D eigenvalue weighted by Gasteiger charge is 2.30. The van der Waals surface area contributed by atoms with Gasteiger partial charge >= 0.3 is 6.18 Å². The summed E-state index contributed by atoms with van der Waals surface area (Å²) in [5.41, 5.74) is 1.28. The van der Waals surface area contributed by atoms with Crippen molar-refractivity contribution >= 4 is 23.2 Å². The van der Waals surface area contributed by atoms with Crippen molar-refractivity contribution in [2.45, 2.75) is 6.18 Å². The summed E-state index contributed by atoms with van der Waals surface area (Å²) >= 11 is 0. The number of rotatable bonds is 5. The quantitative estimate of drug-likeness (QED) is 0.460. The van der Waals surface area contributed by atoms with Crippen molar-refractivity contribution in [3.63, 3.8) is 0 Å². The molecule has 160 valence electrons. The van der Waals surface area contributed by atoms with Gasteiger partial charge < -0.3 is 10.6 Å². The minimum Gasteiger partial charge on any atom is -0.325 e. The van der Waals surface area contributed by atoms with Gasteiger partial charge in [-0.05, 0) is 42.5 Å². The van der Waals surface area contributed by atoms with Crippen molar-refractivity contribution in [2.75, 3.05) is 10.6 Å². The van der Waals surface area contributed by atoms with E-state index in [0.29, 0.717) is 16.9 Å². The first kappa shape index (κ1) is 20.9. The van der Waals surface area contributed by atoms with Crippen LogP contribution in [0.25, 0.3) is 11.3 Å². The number of pyridine rings is 4. The SMILES string of the molecule is O=C(Nc1cnccc1-c1ccccn1)c1ccnc(Nc2ccc(C(F)(F)F)cn2)c1. The fourth-order valence-corrected chi connectivity index (χ4v) is 2.84. The molecule has 4 rings (SSSR count). The smallest absolute Gasteiger partial charge is 0.325 e. The topological polar surface area (TPSA) is 92.7 Å². The summed E-state index contributed by atoms with van der Waals surface area (Å²) in [4.78, 5) is 29.0. The number of nitrogens with one attached hydrogen (secondary N) is 2. The zero-order valence-corrected chi connectivity index (χ0v) is 16.3. The number of hydrogen-bond acceptors (Lipinski definition) is 6. The van der Waals surface area contributed by atoms with E-state index in [9.17, 15) is 18.0 Å². The molecule has 1 amide bonds. The summed E-state index contributed by atoms with van der Waals surface area (Å²) in [7, 11) is 0. The fourth-order valence-electron chi connectivity index (χ4n) is 2.84. The number of anilines is 3. The van der Waals surface area contributed by atoms with Crippen LogP contribution in [0.4, 0.5) is 30.5 Å². The first-order valence-electron chi connectivity index (χ1n) is 9.33. The van der Waals surface area contributed by atoms with Gasteiger partial charge in [-0.1, -0.05) is 6.07 Å². The number of nitrogens with zero attached hydrogens (tertiary/aromatic N) is 4. The van der Waals surface area contributed by atoms with Crippen LogP contribution in [-0.4, -0.2) is 25.8 Å². The lowest BCUT2D eigenvalue weighted by molar-refractivity contribution is -0.137. The molecule has 0 radical (unpaired) electrons. The first-order valence-corrected chi connectivity index (χ1v) is 9.33. The lowest BCUT2D eigenvalue weighted by Crippen LogP contribution is -2.13. The van der Waals surface area contributed by atoms with Gasteiger partial charge in [-0.25, -0.2) is 9.97 Å². The molecule has 0 spiro atoms. The van der Waals surface area contributed by atoms with E-state index in [2.05, 4.69) is 30.6 Å². The van der Waals surface area contributed by atoms with Crippen molar-refractivity contribution in [1.29, 1.82) is 0 Å². The average molecular weight is 436 g/mol. The van der Waals surface area contributed by atoms with Crippen LogP contribution >= 0.6 is 0 Å². The highest BCUT2D eigenvalue weighted by Crippen LogP contribution is 2.29.